The predicted molar refractivity (Wildman–Crippen MR) is 49.7 cm³/mol. The maximum Gasteiger partial charge on any atom is 0.245 e. The molecule has 66 valence electrons. The Morgan fingerprint density at radius 2 is 2.33 bits per heavy atom. The summed E-state index contributed by atoms with van der Waals surface area (Å²) in [5.74, 6) is 0.535. The molecular weight excluding hydrogens is 150 g/mol. The van der Waals surface area contributed by atoms with Crippen LogP contribution in [-0.2, 0) is 4.79 Å². The van der Waals surface area contributed by atoms with Gasteiger partial charge in [-0.3, -0.25) is 4.79 Å². The van der Waals surface area contributed by atoms with Crippen LogP contribution in [0.4, 0.5) is 0 Å². The van der Waals surface area contributed by atoms with E-state index in [0.29, 0.717) is 5.92 Å². The highest BCUT2D eigenvalue weighted by Crippen LogP contribution is 2.22. The first-order valence-corrected chi connectivity index (χ1v) is 4.22. The Labute approximate surface area is 73.6 Å². The van der Waals surface area contributed by atoms with E-state index >= 15 is 0 Å². The Bertz CT molecular complexity index is 220. The van der Waals surface area contributed by atoms with Crippen molar-refractivity contribution in [2.75, 3.05) is 13.1 Å². The van der Waals surface area contributed by atoms with Crippen LogP contribution in [0.3, 0.4) is 0 Å². The molecule has 0 spiro atoms. The molecule has 1 fully saturated rings. The maximum absolute atomic E-state index is 11.2. The molecule has 0 aliphatic carbocycles. The Balaban J connectivity index is 2.50. The van der Waals surface area contributed by atoms with E-state index in [4.69, 9.17) is 0 Å². The second-order valence-corrected chi connectivity index (χ2v) is 3.32. The van der Waals surface area contributed by atoms with E-state index < -0.39 is 0 Å². The molecule has 0 radical (unpaired) electrons. The van der Waals surface area contributed by atoms with E-state index in [1.54, 1.807) is 0 Å². The number of rotatable bonds is 2. The fraction of sp³-hybridized carbons (Fsp3) is 0.500. The molecule has 12 heavy (non-hydrogen) atoms. The zero-order valence-corrected chi connectivity index (χ0v) is 7.55. The van der Waals surface area contributed by atoms with Gasteiger partial charge >= 0.3 is 0 Å². The molecule has 0 bridgehead atoms. The van der Waals surface area contributed by atoms with Gasteiger partial charge in [-0.2, -0.15) is 0 Å². The summed E-state index contributed by atoms with van der Waals surface area (Å²) in [5.41, 5.74) is 1.18. The monoisotopic (exact) mass is 165 g/mol. The highest BCUT2D eigenvalue weighted by atomic mass is 16.2. The molecule has 1 unspecified atom stereocenters. The van der Waals surface area contributed by atoms with Crippen LogP contribution in [0.1, 0.15) is 13.3 Å². The van der Waals surface area contributed by atoms with Crippen LogP contribution >= 0.6 is 0 Å². The van der Waals surface area contributed by atoms with Crippen molar-refractivity contribution < 1.29 is 4.79 Å². The average Bonchev–Trinajstić information content (AvgIpc) is 2.51. The minimum absolute atomic E-state index is 0.0405. The number of carbonyl (C=O) groups excluding carboxylic acids is 1. The molecule has 1 aliphatic rings. The molecule has 0 aromatic carbocycles. The van der Waals surface area contributed by atoms with E-state index in [9.17, 15) is 4.79 Å². The van der Waals surface area contributed by atoms with Crippen LogP contribution in [0.2, 0.25) is 0 Å². The van der Waals surface area contributed by atoms with Gasteiger partial charge in [0.1, 0.15) is 0 Å². The zero-order chi connectivity index (χ0) is 9.14. The third-order valence-electron chi connectivity index (χ3n) is 2.37. The molecular formula is C10H15NO. The minimum atomic E-state index is 0.0405. The molecule has 0 saturated carbocycles. The predicted octanol–water partition coefficient (Wildman–Crippen LogP) is 1.60. The van der Waals surface area contributed by atoms with Crippen LogP contribution in [0.15, 0.2) is 24.8 Å². The van der Waals surface area contributed by atoms with Gasteiger partial charge in [0, 0.05) is 13.1 Å². The van der Waals surface area contributed by atoms with Crippen molar-refractivity contribution >= 4 is 5.91 Å². The summed E-state index contributed by atoms with van der Waals surface area (Å²) in [5, 5.41) is 0. The van der Waals surface area contributed by atoms with Gasteiger partial charge in [-0.1, -0.05) is 18.7 Å². The lowest BCUT2D eigenvalue weighted by atomic mass is 10.0. The van der Waals surface area contributed by atoms with Crippen LogP contribution < -0.4 is 0 Å². The molecule has 2 heteroatoms. The van der Waals surface area contributed by atoms with Crippen molar-refractivity contribution in [3.05, 3.63) is 24.8 Å². The number of nitrogens with zero attached hydrogens (tertiary/aromatic N) is 1. The maximum atomic E-state index is 11.2. The van der Waals surface area contributed by atoms with Gasteiger partial charge in [0.2, 0.25) is 5.91 Å². The molecule has 0 N–H and O–H groups in total. The second kappa shape index (κ2) is 3.57. The van der Waals surface area contributed by atoms with Gasteiger partial charge in [0.15, 0.2) is 0 Å². The zero-order valence-electron chi connectivity index (χ0n) is 7.55. The highest BCUT2D eigenvalue weighted by Gasteiger charge is 2.24. The van der Waals surface area contributed by atoms with E-state index in [1.165, 1.54) is 11.6 Å². The van der Waals surface area contributed by atoms with Crippen molar-refractivity contribution in [1.82, 2.24) is 4.90 Å². The molecule has 1 amide bonds. The third-order valence-corrected chi connectivity index (χ3v) is 2.37. The third kappa shape index (κ3) is 1.76. The largest absolute Gasteiger partial charge is 0.339 e. The molecule has 2 nitrogen and oxygen atoms in total. The van der Waals surface area contributed by atoms with Gasteiger partial charge < -0.3 is 4.90 Å². The minimum Gasteiger partial charge on any atom is -0.339 e. The highest BCUT2D eigenvalue weighted by molar-refractivity contribution is 5.87. The standard InChI is InChI=1S/C10H15NO/c1-4-10(12)11-6-5-9(7-11)8(2)3/h4,9H,1-2,5-7H2,3H3. The van der Waals surface area contributed by atoms with Crippen molar-refractivity contribution in [2.24, 2.45) is 5.92 Å². The smallest absolute Gasteiger partial charge is 0.245 e. The first kappa shape index (κ1) is 9.04. The van der Waals surface area contributed by atoms with E-state index in [1.807, 2.05) is 11.8 Å². The average molecular weight is 165 g/mol. The lowest BCUT2D eigenvalue weighted by molar-refractivity contribution is -0.125. The SMILES string of the molecule is C=CC(=O)N1CCC(C(=C)C)C1. The van der Waals surface area contributed by atoms with Crippen LogP contribution in [-0.4, -0.2) is 23.9 Å². The molecule has 1 heterocycles. The number of amides is 1. The van der Waals surface area contributed by atoms with Gasteiger partial charge in [-0.05, 0) is 25.3 Å². The number of hydrogen-bond acceptors (Lipinski definition) is 1. The molecule has 1 rings (SSSR count). The summed E-state index contributed by atoms with van der Waals surface area (Å²) in [6, 6.07) is 0. The fourth-order valence-electron chi connectivity index (χ4n) is 1.49. The van der Waals surface area contributed by atoms with Crippen LogP contribution in [0.5, 0.6) is 0 Å². The Kier molecular flexibility index (Phi) is 2.69. The number of likely N-dealkylation sites (tertiary alicyclic amines) is 1. The van der Waals surface area contributed by atoms with Gasteiger partial charge in [-0.25, -0.2) is 0 Å². The van der Waals surface area contributed by atoms with Crippen LogP contribution in [0, 0.1) is 5.92 Å². The Morgan fingerprint density at radius 1 is 1.67 bits per heavy atom. The Morgan fingerprint density at radius 3 is 2.75 bits per heavy atom. The summed E-state index contributed by atoms with van der Waals surface area (Å²) >= 11 is 0. The Hall–Kier alpha value is -1.05. The second-order valence-electron chi connectivity index (χ2n) is 3.32. The van der Waals surface area contributed by atoms with Gasteiger partial charge in [0.25, 0.3) is 0 Å². The van der Waals surface area contributed by atoms with Crippen molar-refractivity contribution in [2.45, 2.75) is 13.3 Å². The summed E-state index contributed by atoms with van der Waals surface area (Å²) < 4.78 is 0. The van der Waals surface area contributed by atoms with E-state index in [-0.39, 0.29) is 5.91 Å². The molecule has 1 saturated heterocycles. The first-order chi connectivity index (χ1) is 5.65. The van der Waals surface area contributed by atoms with E-state index in [2.05, 4.69) is 13.2 Å². The molecule has 0 aromatic heterocycles. The normalized spacial score (nSPS) is 22.4. The number of carbonyl (C=O) groups is 1. The van der Waals surface area contributed by atoms with Gasteiger partial charge in [-0.15, -0.1) is 0 Å². The summed E-state index contributed by atoms with van der Waals surface area (Å²) in [4.78, 5) is 13.0. The molecule has 1 atom stereocenters. The first-order valence-electron chi connectivity index (χ1n) is 4.22. The molecule has 1 aliphatic heterocycles. The quantitative estimate of drug-likeness (QED) is 0.449. The lowest BCUT2D eigenvalue weighted by Gasteiger charge is -2.13. The fourth-order valence-corrected chi connectivity index (χ4v) is 1.49. The van der Waals surface area contributed by atoms with E-state index in [0.717, 1.165) is 19.5 Å². The summed E-state index contributed by atoms with van der Waals surface area (Å²) in [6.07, 6.45) is 2.43. The summed E-state index contributed by atoms with van der Waals surface area (Å²) in [6.45, 7) is 11.0. The van der Waals surface area contributed by atoms with Crippen molar-refractivity contribution in [3.8, 4) is 0 Å². The molecule has 0 aromatic rings. The van der Waals surface area contributed by atoms with Gasteiger partial charge in [0.05, 0.1) is 0 Å². The van der Waals surface area contributed by atoms with Crippen LogP contribution in [0.25, 0.3) is 0 Å². The number of hydrogen-bond donors (Lipinski definition) is 0. The summed E-state index contributed by atoms with van der Waals surface area (Å²) in [7, 11) is 0. The lowest BCUT2D eigenvalue weighted by Crippen LogP contribution is -2.26. The van der Waals surface area contributed by atoms with Crippen molar-refractivity contribution in [3.63, 3.8) is 0 Å². The van der Waals surface area contributed by atoms with Crippen molar-refractivity contribution in [1.29, 1.82) is 0 Å². The topological polar surface area (TPSA) is 20.3 Å².